The van der Waals surface area contributed by atoms with E-state index in [0.717, 1.165) is 0 Å². The first-order chi connectivity index (χ1) is 5.59. The fourth-order valence-corrected chi connectivity index (χ4v) is 1.12. The molecule has 0 heteroatoms. The molecule has 0 aliphatic rings. The Hall–Kier alpha value is -0.520. The molecule has 0 unspecified atom stereocenters. The third-order valence-electron chi connectivity index (χ3n) is 1.55. The Morgan fingerprint density at radius 1 is 1.08 bits per heavy atom. The van der Waals surface area contributed by atoms with Crippen molar-refractivity contribution >= 4 is 0 Å². The molecule has 0 N–H and O–H groups in total. The third kappa shape index (κ3) is 6.21. The van der Waals surface area contributed by atoms with Crippen LogP contribution in [0.1, 0.15) is 48.5 Å². The first-order valence-corrected chi connectivity index (χ1v) is 4.89. The standard InChI is InChI=1S/C10H18.C2H6/c1-6-7-10(8(2)3)9(4)5;1-2/h6-8H,1-5H3;1-2H3/b7-6-;. The van der Waals surface area contributed by atoms with E-state index < -0.39 is 0 Å². The van der Waals surface area contributed by atoms with Crippen LogP contribution in [-0.4, -0.2) is 0 Å². The van der Waals surface area contributed by atoms with Gasteiger partial charge in [0.1, 0.15) is 0 Å². The molecule has 0 rings (SSSR count). The van der Waals surface area contributed by atoms with E-state index in [0.29, 0.717) is 5.92 Å². The van der Waals surface area contributed by atoms with Gasteiger partial charge in [-0.25, -0.2) is 0 Å². The lowest BCUT2D eigenvalue weighted by Gasteiger charge is -2.07. The maximum atomic E-state index is 2.22. The molecule has 0 aliphatic heterocycles. The summed E-state index contributed by atoms with van der Waals surface area (Å²) in [7, 11) is 0. The Morgan fingerprint density at radius 2 is 1.50 bits per heavy atom. The van der Waals surface area contributed by atoms with Crippen LogP contribution >= 0.6 is 0 Å². The predicted octanol–water partition coefficient (Wildman–Crippen LogP) is 4.58. The Morgan fingerprint density at radius 3 is 1.58 bits per heavy atom. The SMILES string of the molecule is C/C=C\C(=C(C)C)C(C)C.CC. The van der Waals surface area contributed by atoms with E-state index in [1.165, 1.54) is 11.1 Å². The molecule has 0 radical (unpaired) electrons. The average molecular weight is 168 g/mol. The summed E-state index contributed by atoms with van der Waals surface area (Å²) in [6, 6.07) is 0. The van der Waals surface area contributed by atoms with Crippen LogP contribution in [0.15, 0.2) is 23.3 Å². The second kappa shape index (κ2) is 8.58. The summed E-state index contributed by atoms with van der Waals surface area (Å²) in [5.74, 6) is 0.654. The van der Waals surface area contributed by atoms with Gasteiger partial charge in [0, 0.05) is 0 Å². The second-order valence-electron chi connectivity index (χ2n) is 3.11. The van der Waals surface area contributed by atoms with Crippen molar-refractivity contribution in [2.24, 2.45) is 5.92 Å². The first kappa shape index (κ1) is 14.0. The zero-order valence-electron chi connectivity index (χ0n) is 9.73. The summed E-state index contributed by atoms with van der Waals surface area (Å²) >= 11 is 0. The van der Waals surface area contributed by atoms with Gasteiger partial charge < -0.3 is 0 Å². The molecule has 0 saturated carbocycles. The number of rotatable bonds is 2. The van der Waals surface area contributed by atoms with Crippen molar-refractivity contribution in [3.63, 3.8) is 0 Å². The van der Waals surface area contributed by atoms with Crippen molar-refractivity contribution in [3.05, 3.63) is 23.3 Å². The smallest absolute Gasteiger partial charge is 0.0220 e. The molecule has 0 bridgehead atoms. The zero-order valence-corrected chi connectivity index (χ0v) is 9.73. The fraction of sp³-hybridized carbons (Fsp3) is 0.667. The van der Waals surface area contributed by atoms with Crippen molar-refractivity contribution in [1.29, 1.82) is 0 Å². The van der Waals surface area contributed by atoms with Crippen LogP contribution in [0.2, 0.25) is 0 Å². The molecule has 0 aromatic carbocycles. The second-order valence-corrected chi connectivity index (χ2v) is 3.11. The third-order valence-corrected chi connectivity index (χ3v) is 1.55. The molecule has 12 heavy (non-hydrogen) atoms. The first-order valence-electron chi connectivity index (χ1n) is 4.89. The Balaban J connectivity index is 0. The quantitative estimate of drug-likeness (QED) is 0.529. The summed E-state index contributed by atoms with van der Waals surface area (Å²) < 4.78 is 0. The number of hydrogen-bond donors (Lipinski definition) is 0. The highest BCUT2D eigenvalue weighted by Crippen LogP contribution is 2.15. The lowest BCUT2D eigenvalue weighted by Crippen LogP contribution is -1.92. The minimum absolute atomic E-state index is 0.654. The maximum Gasteiger partial charge on any atom is -0.0220 e. The summed E-state index contributed by atoms with van der Waals surface area (Å²) in [6.45, 7) is 14.8. The molecule has 0 aromatic rings. The number of allylic oxidation sites excluding steroid dienone is 4. The molecule has 0 aromatic heterocycles. The van der Waals surface area contributed by atoms with Crippen LogP contribution in [-0.2, 0) is 0 Å². The molecule has 0 saturated heterocycles. The zero-order chi connectivity index (χ0) is 10.1. The van der Waals surface area contributed by atoms with Gasteiger partial charge in [-0.05, 0) is 32.3 Å². The summed E-state index contributed by atoms with van der Waals surface area (Å²) in [6.07, 6.45) is 4.29. The highest BCUT2D eigenvalue weighted by atomic mass is 14.0. The monoisotopic (exact) mass is 168 g/mol. The van der Waals surface area contributed by atoms with E-state index in [4.69, 9.17) is 0 Å². The molecule has 0 aliphatic carbocycles. The van der Waals surface area contributed by atoms with Crippen LogP contribution in [0.3, 0.4) is 0 Å². The van der Waals surface area contributed by atoms with Gasteiger partial charge in [-0.15, -0.1) is 0 Å². The van der Waals surface area contributed by atoms with Crippen molar-refractivity contribution in [3.8, 4) is 0 Å². The molecule has 0 nitrogen and oxygen atoms in total. The van der Waals surface area contributed by atoms with Crippen LogP contribution in [0, 0.1) is 5.92 Å². The van der Waals surface area contributed by atoms with E-state index in [-0.39, 0.29) is 0 Å². The van der Waals surface area contributed by atoms with E-state index >= 15 is 0 Å². The van der Waals surface area contributed by atoms with E-state index in [1.54, 1.807) is 0 Å². The van der Waals surface area contributed by atoms with Crippen molar-refractivity contribution in [1.82, 2.24) is 0 Å². The van der Waals surface area contributed by atoms with Gasteiger partial charge in [0.05, 0.1) is 0 Å². The molecular formula is C12H24. The predicted molar refractivity (Wildman–Crippen MR) is 59.4 cm³/mol. The van der Waals surface area contributed by atoms with Crippen LogP contribution in [0.25, 0.3) is 0 Å². The fourth-order valence-electron chi connectivity index (χ4n) is 1.12. The molecule has 0 spiro atoms. The largest absolute Gasteiger partial charge is 0.0874 e. The van der Waals surface area contributed by atoms with Gasteiger partial charge in [-0.3, -0.25) is 0 Å². The Bertz CT molecular complexity index is 143. The van der Waals surface area contributed by atoms with Gasteiger partial charge in [0.25, 0.3) is 0 Å². The normalized spacial score (nSPS) is 9.67. The maximum absolute atomic E-state index is 2.22. The lowest BCUT2D eigenvalue weighted by molar-refractivity contribution is 0.779. The Labute approximate surface area is 78.4 Å². The molecule has 0 atom stereocenters. The van der Waals surface area contributed by atoms with E-state index in [1.807, 2.05) is 13.8 Å². The molecule has 72 valence electrons. The highest BCUT2D eigenvalue weighted by molar-refractivity contribution is 5.24. The van der Waals surface area contributed by atoms with Crippen LogP contribution < -0.4 is 0 Å². The van der Waals surface area contributed by atoms with Crippen LogP contribution in [0.4, 0.5) is 0 Å². The number of hydrogen-bond acceptors (Lipinski definition) is 0. The Kier molecular flexibility index (Phi) is 10.0. The van der Waals surface area contributed by atoms with Gasteiger partial charge in [-0.1, -0.05) is 45.4 Å². The summed E-state index contributed by atoms with van der Waals surface area (Å²) in [4.78, 5) is 0. The van der Waals surface area contributed by atoms with E-state index in [9.17, 15) is 0 Å². The van der Waals surface area contributed by atoms with Gasteiger partial charge in [0.2, 0.25) is 0 Å². The average Bonchev–Trinajstić information content (AvgIpc) is 2.03. The molecule has 0 amide bonds. The van der Waals surface area contributed by atoms with E-state index in [2.05, 4.69) is 46.8 Å². The molecule has 0 fully saturated rings. The molecule has 0 heterocycles. The van der Waals surface area contributed by atoms with Gasteiger partial charge in [0.15, 0.2) is 0 Å². The minimum atomic E-state index is 0.654. The lowest BCUT2D eigenvalue weighted by atomic mass is 9.98. The van der Waals surface area contributed by atoms with Crippen molar-refractivity contribution < 1.29 is 0 Å². The highest BCUT2D eigenvalue weighted by Gasteiger charge is 1.99. The summed E-state index contributed by atoms with van der Waals surface area (Å²) in [5, 5.41) is 0. The van der Waals surface area contributed by atoms with Gasteiger partial charge >= 0.3 is 0 Å². The molecular weight excluding hydrogens is 144 g/mol. The summed E-state index contributed by atoms with van der Waals surface area (Å²) in [5.41, 5.74) is 2.88. The van der Waals surface area contributed by atoms with Crippen LogP contribution in [0.5, 0.6) is 0 Å². The van der Waals surface area contributed by atoms with Crippen molar-refractivity contribution in [2.45, 2.75) is 48.5 Å². The minimum Gasteiger partial charge on any atom is -0.0874 e. The topological polar surface area (TPSA) is 0 Å². The van der Waals surface area contributed by atoms with Gasteiger partial charge in [-0.2, -0.15) is 0 Å². The van der Waals surface area contributed by atoms with Crippen molar-refractivity contribution in [2.75, 3.05) is 0 Å².